The lowest BCUT2D eigenvalue weighted by atomic mass is 9.43. The van der Waals surface area contributed by atoms with E-state index in [1.807, 2.05) is 60.7 Å². The van der Waals surface area contributed by atoms with E-state index in [4.69, 9.17) is 15.0 Å². The van der Waals surface area contributed by atoms with Gasteiger partial charge in [0.1, 0.15) is 0 Å². The Morgan fingerprint density at radius 1 is 0.345 bits per heavy atom. The minimum absolute atomic E-state index is 0.504. The molecule has 4 fully saturated rings. The Balaban J connectivity index is 0.875. The third-order valence-corrected chi connectivity index (χ3v) is 13.5. The van der Waals surface area contributed by atoms with Gasteiger partial charge in [0.25, 0.3) is 0 Å². The van der Waals surface area contributed by atoms with E-state index in [1.54, 1.807) is 0 Å². The molecule has 4 saturated carbocycles. The zero-order valence-electron chi connectivity index (χ0n) is 34.3. The summed E-state index contributed by atoms with van der Waals surface area (Å²) < 4.78 is 20.5. The van der Waals surface area contributed by atoms with Gasteiger partial charge in [0.15, 0.2) is 17.5 Å². The molecule has 0 atom stereocenters. The van der Waals surface area contributed by atoms with E-state index in [2.05, 4.69) is 115 Å². The number of rotatable bonds is 6. The Bertz CT molecular complexity index is 2870. The number of nitrogens with zero attached hydrogens (tertiary/aromatic N) is 3. The molecule has 1 aromatic heterocycles. The summed E-state index contributed by atoms with van der Waals surface area (Å²) in [4.78, 5) is 14.8. The molecule has 1 heterocycles. The smallest absolute Gasteiger partial charge is 0.164 e. The molecule has 0 saturated heterocycles. The molecule has 58 heavy (non-hydrogen) atoms. The van der Waals surface area contributed by atoms with Crippen LogP contribution in [0.15, 0.2) is 176 Å². The van der Waals surface area contributed by atoms with Gasteiger partial charge in [-0.15, -0.1) is 0 Å². The van der Waals surface area contributed by atoms with E-state index in [0.29, 0.717) is 29.3 Å². The maximum atomic E-state index is 10.2. The largest absolute Gasteiger partial charge is 0.208 e. The monoisotopic (exact) mass is 747 g/mol. The predicted molar refractivity (Wildman–Crippen MR) is 236 cm³/mol. The number of hydrogen-bond donors (Lipinski definition) is 0. The van der Waals surface area contributed by atoms with Crippen LogP contribution >= 0.6 is 0 Å². The highest BCUT2D eigenvalue weighted by Gasteiger charge is 2.61. The molecular weight excluding hydrogens is 703 g/mol. The Kier molecular flexibility index (Phi) is 7.26. The molecule has 5 aliphatic carbocycles. The third-order valence-electron chi connectivity index (χ3n) is 13.5. The third kappa shape index (κ3) is 5.36. The number of fused-ring (bicyclic) bond motifs is 3. The molecule has 3 heteroatoms. The topological polar surface area (TPSA) is 38.7 Å². The van der Waals surface area contributed by atoms with Crippen LogP contribution in [-0.2, 0) is 5.41 Å². The van der Waals surface area contributed by atoms with Crippen LogP contribution in [0.4, 0.5) is 0 Å². The molecule has 0 radical (unpaired) electrons. The lowest BCUT2D eigenvalue weighted by Crippen LogP contribution is -2.55. The normalized spacial score (nSPS) is 25.2. The fraction of sp³-hybridized carbons (Fsp3) is 0.182. The second kappa shape index (κ2) is 13.3. The van der Waals surface area contributed by atoms with Gasteiger partial charge in [-0.25, -0.2) is 15.0 Å². The van der Waals surface area contributed by atoms with Crippen molar-refractivity contribution in [1.82, 2.24) is 15.0 Å². The van der Waals surface area contributed by atoms with Crippen molar-refractivity contribution in [2.45, 2.75) is 37.5 Å². The van der Waals surface area contributed by atoms with Crippen molar-refractivity contribution in [2.24, 2.45) is 23.6 Å². The molecule has 278 valence electrons. The molecule has 8 aromatic rings. The predicted octanol–water partition coefficient (Wildman–Crippen LogP) is 13.6. The maximum Gasteiger partial charge on any atom is 0.164 e. The van der Waals surface area contributed by atoms with Crippen LogP contribution in [-0.4, -0.2) is 15.0 Å². The van der Waals surface area contributed by atoms with Crippen LogP contribution in [0.5, 0.6) is 0 Å². The summed E-state index contributed by atoms with van der Waals surface area (Å²) in [6, 6.07) is 61.9. The van der Waals surface area contributed by atoms with Crippen molar-refractivity contribution in [1.29, 1.82) is 0 Å². The summed E-state index contributed by atoms with van der Waals surface area (Å²) >= 11 is 0. The summed E-state index contributed by atoms with van der Waals surface area (Å²) in [5.74, 6) is 1.62. The summed E-state index contributed by atoms with van der Waals surface area (Å²) in [7, 11) is 0. The average Bonchev–Trinajstić information content (AvgIpc) is 3.60. The van der Waals surface area contributed by atoms with E-state index in [0.717, 1.165) is 75.8 Å². The second-order valence-corrected chi connectivity index (χ2v) is 16.8. The van der Waals surface area contributed by atoms with Crippen LogP contribution in [0, 0.1) is 23.6 Å². The second-order valence-electron chi connectivity index (χ2n) is 16.8. The molecule has 0 aliphatic heterocycles. The van der Waals surface area contributed by atoms with Gasteiger partial charge < -0.3 is 0 Å². The molecule has 0 N–H and O–H groups in total. The van der Waals surface area contributed by atoms with Gasteiger partial charge in [0.2, 0.25) is 0 Å². The average molecular weight is 748 g/mol. The fourth-order valence-electron chi connectivity index (χ4n) is 11.1. The summed E-state index contributed by atoms with van der Waals surface area (Å²) in [6.07, 6.45) is 4.83. The van der Waals surface area contributed by atoms with Gasteiger partial charge in [0.05, 0.1) is 0 Å². The summed E-state index contributed by atoms with van der Waals surface area (Å²) in [5, 5.41) is 0. The highest BCUT2D eigenvalue weighted by atomic mass is 15.0. The molecular formula is C55H43N3. The van der Waals surface area contributed by atoms with Gasteiger partial charge in [-0.2, -0.15) is 0 Å². The first-order valence-electron chi connectivity index (χ1n) is 21.8. The number of hydrogen-bond acceptors (Lipinski definition) is 3. The van der Waals surface area contributed by atoms with Gasteiger partial charge in [-0.3, -0.25) is 0 Å². The van der Waals surface area contributed by atoms with Gasteiger partial charge in [-0.05, 0) is 130 Å². The molecule has 0 unspecified atom stereocenters. The van der Waals surface area contributed by atoms with Crippen LogP contribution < -0.4 is 0 Å². The van der Waals surface area contributed by atoms with Crippen molar-refractivity contribution in [3.05, 3.63) is 187 Å². The number of aromatic nitrogens is 3. The van der Waals surface area contributed by atoms with Crippen LogP contribution in [0.1, 0.15) is 46.0 Å². The SMILES string of the molecule is [2H]C12CC3CC(C1)CC([2H])(C3)C21c2ccccc2-c2ccc(-c3ccc(-c4cccc(-c5cccc(-c6nc(-c7ccccc7)nc(-c7ccccc7)n6)c5)c4)cc3)cc21. The lowest BCUT2D eigenvalue weighted by Gasteiger charge is -2.61. The fourth-order valence-corrected chi connectivity index (χ4v) is 11.1. The standard InChI is InChI=1S/C55H43N3/c1-3-11-39(12-4-1)52-56-53(40-13-5-2-6-14-40)58-54(57-52)45-18-10-17-43(33-45)42-16-9-15-41(32-42)37-21-23-38(24-22-37)44-25-26-49-48-19-7-8-20-50(48)55(51(49)34-44)46-28-35-27-36(30-46)31-47(55)29-35/h1-26,32-36,46-47H,27-31H2/i46D,47D. The van der Waals surface area contributed by atoms with Crippen molar-refractivity contribution >= 4 is 0 Å². The first-order chi connectivity index (χ1) is 29.4. The van der Waals surface area contributed by atoms with Crippen LogP contribution in [0.25, 0.3) is 78.7 Å². The van der Waals surface area contributed by atoms with E-state index in [1.165, 1.54) is 28.7 Å². The molecule has 13 rings (SSSR count). The first-order valence-corrected chi connectivity index (χ1v) is 20.8. The van der Waals surface area contributed by atoms with Crippen molar-refractivity contribution in [3.8, 4) is 78.7 Å². The minimum Gasteiger partial charge on any atom is -0.208 e. The van der Waals surface area contributed by atoms with E-state index in [9.17, 15) is 2.74 Å². The molecule has 1 spiro atoms. The van der Waals surface area contributed by atoms with Crippen LogP contribution in [0.2, 0.25) is 0 Å². The highest BCUT2D eigenvalue weighted by molar-refractivity contribution is 5.85. The van der Waals surface area contributed by atoms with E-state index < -0.39 is 17.2 Å². The minimum atomic E-state index is -0.658. The Hall–Kier alpha value is -6.45. The quantitative estimate of drug-likeness (QED) is 0.170. The molecule has 5 aliphatic rings. The molecule has 4 bridgehead atoms. The highest BCUT2D eigenvalue weighted by Crippen LogP contribution is 2.69. The summed E-state index contributed by atoms with van der Waals surface area (Å²) in [6.45, 7) is 0. The summed E-state index contributed by atoms with van der Waals surface area (Å²) in [5.41, 5.74) is 13.9. The Morgan fingerprint density at radius 3 is 1.34 bits per heavy atom. The molecule has 0 amide bonds. The van der Waals surface area contributed by atoms with Crippen molar-refractivity contribution in [2.75, 3.05) is 0 Å². The van der Waals surface area contributed by atoms with Gasteiger partial charge in [-0.1, -0.05) is 158 Å². The van der Waals surface area contributed by atoms with Crippen LogP contribution in [0.3, 0.4) is 0 Å². The Morgan fingerprint density at radius 2 is 0.759 bits per heavy atom. The maximum absolute atomic E-state index is 10.2. The number of benzene rings is 7. The van der Waals surface area contributed by atoms with E-state index >= 15 is 0 Å². The molecule has 3 nitrogen and oxygen atoms in total. The molecule has 7 aromatic carbocycles. The van der Waals surface area contributed by atoms with Crippen molar-refractivity contribution < 1.29 is 2.74 Å². The van der Waals surface area contributed by atoms with Gasteiger partial charge >= 0.3 is 0 Å². The zero-order valence-corrected chi connectivity index (χ0v) is 32.3. The lowest BCUT2D eigenvalue weighted by molar-refractivity contribution is -0.0399. The zero-order chi connectivity index (χ0) is 40.1. The Labute approximate surface area is 343 Å². The van der Waals surface area contributed by atoms with Crippen molar-refractivity contribution in [3.63, 3.8) is 0 Å². The first kappa shape index (κ1) is 31.6. The van der Waals surface area contributed by atoms with Gasteiger partial charge in [0, 0.05) is 24.8 Å². The van der Waals surface area contributed by atoms with E-state index in [-0.39, 0.29) is 0 Å².